The van der Waals surface area contributed by atoms with E-state index in [1.807, 2.05) is 0 Å². The Hall–Kier alpha value is -0.520. The number of hydrogen-bond acceptors (Lipinski definition) is 1. The zero-order valence-corrected chi connectivity index (χ0v) is 4.53. The number of alkyl halides is 1. The van der Waals surface area contributed by atoms with Crippen LogP contribution in [-0.4, -0.2) is 11.7 Å². The third-order valence-electron chi connectivity index (χ3n) is 0.395. The molecule has 0 fully saturated rings. The lowest BCUT2D eigenvalue weighted by molar-refractivity contribution is -0.112. The summed E-state index contributed by atoms with van der Waals surface area (Å²) >= 11 is 5.08. The highest BCUT2D eigenvalue weighted by molar-refractivity contribution is 6.29. The van der Waals surface area contributed by atoms with Crippen molar-refractivity contribution in [2.75, 3.05) is 5.88 Å². The summed E-state index contributed by atoms with van der Waals surface area (Å²) < 4.78 is 0. The van der Waals surface area contributed by atoms with Gasteiger partial charge in [0.15, 0.2) is 5.78 Å². The maximum atomic E-state index is 10.1. The van der Waals surface area contributed by atoms with E-state index in [1.54, 1.807) is 0 Å². The van der Waals surface area contributed by atoms with Gasteiger partial charge in [0.05, 0.1) is 5.88 Å². The number of carbonyl (C=O) groups is 1. The minimum Gasteiger partial charge on any atom is -0.293 e. The molecule has 0 radical (unpaired) electrons. The molecular formula is C5H5ClO. The molecule has 0 aliphatic carbocycles. The second kappa shape index (κ2) is 3.66. The number of hydrogen-bond donors (Lipinski definition) is 0. The minimum absolute atomic E-state index is 0.0164. The van der Waals surface area contributed by atoms with Crippen molar-refractivity contribution >= 4 is 17.4 Å². The fourth-order valence-corrected chi connectivity index (χ4v) is 0.230. The summed E-state index contributed by atoms with van der Waals surface area (Å²) in [5.74, 6) is -0.139. The summed E-state index contributed by atoms with van der Waals surface area (Å²) in [6, 6.07) is 0. The highest BCUT2D eigenvalue weighted by atomic mass is 35.5. The third kappa shape index (κ3) is 3.31. The smallest absolute Gasteiger partial charge is 0.178 e. The zero-order valence-electron chi connectivity index (χ0n) is 3.78. The standard InChI is InChI=1S/C5H5ClO/c1-2-3-5(7)4-6/h3H,1,4H2. The van der Waals surface area contributed by atoms with E-state index in [1.165, 1.54) is 6.08 Å². The zero-order chi connectivity index (χ0) is 5.70. The Morgan fingerprint density at radius 2 is 2.57 bits per heavy atom. The van der Waals surface area contributed by atoms with Gasteiger partial charge in [0.1, 0.15) is 0 Å². The normalized spacial score (nSPS) is 7.00. The molecule has 0 amide bonds. The molecule has 0 aromatic heterocycles. The first-order chi connectivity index (χ1) is 3.31. The van der Waals surface area contributed by atoms with Gasteiger partial charge in [-0.3, -0.25) is 4.79 Å². The van der Waals surface area contributed by atoms with Crippen LogP contribution < -0.4 is 0 Å². The van der Waals surface area contributed by atoms with Gasteiger partial charge < -0.3 is 0 Å². The molecule has 0 aliphatic heterocycles. The predicted octanol–water partition coefficient (Wildman–Crippen LogP) is 1.14. The summed E-state index contributed by atoms with van der Waals surface area (Å²) in [5, 5.41) is 0. The lowest BCUT2D eigenvalue weighted by atomic mass is 10.4. The Kier molecular flexibility index (Phi) is 3.39. The predicted molar refractivity (Wildman–Crippen MR) is 29.4 cm³/mol. The van der Waals surface area contributed by atoms with Crippen LogP contribution in [-0.2, 0) is 4.79 Å². The van der Waals surface area contributed by atoms with Crippen LogP contribution in [0.4, 0.5) is 0 Å². The SMILES string of the molecule is C=C=CC(=O)CCl. The van der Waals surface area contributed by atoms with Gasteiger partial charge in [-0.05, 0) is 0 Å². The molecule has 0 spiro atoms. The van der Waals surface area contributed by atoms with E-state index in [0.29, 0.717) is 0 Å². The molecule has 0 N–H and O–H groups in total. The van der Waals surface area contributed by atoms with Gasteiger partial charge in [-0.25, -0.2) is 0 Å². The fraction of sp³-hybridized carbons (Fsp3) is 0.200. The molecule has 38 valence electrons. The molecule has 7 heavy (non-hydrogen) atoms. The molecular weight excluding hydrogens is 112 g/mol. The Balaban J connectivity index is 3.58. The van der Waals surface area contributed by atoms with Crippen molar-refractivity contribution < 1.29 is 4.79 Å². The average Bonchev–Trinajstić information content (AvgIpc) is 1.68. The van der Waals surface area contributed by atoms with Gasteiger partial charge in [-0.15, -0.1) is 17.3 Å². The molecule has 2 heteroatoms. The number of ketones is 1. The van der Waals surface area contributed by atoms with Crippen molar-refractivity contribution in [2.24, 2.45) is 0 Å². The van der Waals surface area contributed by atoms with Crippen molar-refractivity contribution in [1.29, 1.82) is 0 Å². The summed E-state index contributed by atoms with van der Waals surface area (Å²) in [6.45, 7) is 3.19. The van der Waals surface area contributed by atoms with Gasteiger partial charge in [-0.2, -0.15) is 0 Å². The minimum atomic E-state index is -0.156. The molecule has 0 atom stereocenters. The van der Waals surface area contributed by atoms with E-state index in [9.17, 15) is 4.79 Å². The summed E-state index contributed by atoms with van der Waals surface area (Å²) in [7, 11) is 0. The van der Waals surface area contributed by atoms with Crippen molar-refractivity contribution in [3.8, 4) is 0 Å². The first-order valence-corrected chi connectivity index (χ1v) is 2.29. The fourth-order valence-electron chi connectivity index (χ4n) is 0.152. The molecule has 0 aliphatic rings. The average molecular weight is 117 g/mol. The van der Waals surface area contributed by atoms with Crippen LogP contribution in [0.15, 0.2) is 18.4 Å². The Bertz CT molecular complexity index is 111. The number of allylic oxidation sites excluding steroid dienone is 1. The first-order valence-electron chi connectivity index (χ1n) is 1.76. The molecule has 0 saturated carbocycles. The van der Waals surface area contributed by atoms with Crippen LogP contribution in [0.5, 0.6) is 0 Å². The number of carbonyl (C=O) groups excluding carboxylic acids is 1. The molecule has 0 aromatic carbocycles. The number of halogens is 1. The van der Waals surface area contributed by atoms with Crippen LogP contribution in [0.1, 0.15) is 0 Å². The second-order valence-electron chi connectivity index (χ2n) is 0.948. The maximum Gasteiger partial charge on any atom is 0.178 e. The van der Waals surface area contributed by atoms with E-state index in [2.05, 4.69) is 12.3 Å². The van der Waals surface area contributed by atoms with E-state index >= 15 is 0 Å². The van der Waals surface area contributed by atoms with Crippen LogP contribution in [0, 0.1) is 0 Å². The Morgan fingerprint density at radius 1 is 2.00 bits per heavy atom. The monoisotopic (exact) mass is 116 g/mol. The summed E-state index contributed by atoms with van der Waals surface area (Å²) in [5.41, 5.74) is 2.31. The topological polar surface area (TPSA) is 17.1 Å². The number of rotatable bonds is 2. The molecule has 0 saturated heterocycles. The highest BCUT2D eigenvalue weighted by Gasteiger charge is 1.86. The van der Waals surface area contributed by atoms with Gasteiger partial charge in [0, 0.05) is 6.08 Å². The summed E-state index contributed by atoms with van der Waals surface area (Å²) in [6.07, 6.45) is 1.22. The van der Waals surface area contributed by atoms with Crippen molar-refractivity contribution in [1.82, 2.24) is 0 Å². The maximum absolute atomic E-state index is 10.1. The Labute approximate surface area is 47.3 Å². The van der Waals surface area contributed by atoms with Gasteiger partial charge in [0.25, 0.3) is 0 Å². The van der Waals surface area contributed by atoms with Crippen LogP contribution >= 0.6 is 11.6 Å². The van der Waals surface area contributed by atoms with Crippen molar-refractivity contribution in [2.45, 2.75) is 0 Å². The lowest BCUT2D eigenvalue weighted by Gasteiger charge is -1.73. The molecule has 0 rings (SSSR count). The van der Waals surface area contributed by atoms with Crippen molar-refractivity contribution in [3.05, 3.63) is 18.4 Å². The van der Waals surface area contributed by atoms with E-state index in [0.717, 1.165) is 0 Å². The summed E-state index contributed by atoms with van der Waals surface area (Å²) in [4.78, 5) is 10.1. The van der Waals surface area contributed by atoms with Crippen LogP contribution in [0.25, 0.3) is 0 Å². The van der Waals surface area contributed by atoms with Crippen LogP contribution in [0.2, 0.25) is 0 Å². The second-order valence-corrected chi connectivity index (χ2v) is 1.22. The molecule has 1 nitrogen and oxygen atoms in total. The van der Waals surface area contributed by atoms with Gasteiger partial charge in [-0.1, -0.05) is 6.58 Å². The molecule has 0 unspecified atom stereocenters. The van der Waals surface area contributed by atoms with Crippen LogP contribution in [0.3, 0.4) is 0 Å². The quantitative estimate of drug-likeness (QED) is 0.300. The first kappa shape index (κ1) is 6.48. The molecule has 0 bridgehead atoms. The highest BCUT2D eigenvalue weighted by Crippen LogP contribution is 1.77. The molecule has 0 heterocycles. The van der Waals surface area contributed by atoms with Gasteiger partial charge >= 0.3 is 0 Å². The van der Waals surface area contributed by atoms with Gasteiger partial charge in [0.2, 0.25) is 0 Å². The Morgan fingerprint density at radius 3 is 2.71 bits per heavy atom. The van der Waals surface area contributed by atoms with E-state index < -0.39 is 0 Å². The van der Waals surface area contributed by atoms with E-state index in [4.69, 9.17) is 11.6 Å². The third-order valence-corrected chi connectivity index (χ3v) is 0.658. The largest absolute Gasteiger partial charge is 0.293 e. The van der Waals surface area contributed by atoms with E-state index in [-0.39, 0.29) is 11.7 Å². The lowest BCUT2D eigenvalue weighted by Crippen LogP contribution is -1.89. The molecule has 0 aromatic rings. The van der Waals surface area contributed by atoms with Crippen molar-refractivity contribution in [3.63, 3.8) is 0 Å².